The smallest absolute Gasteiger partial charge is 0.0366 e. The minimum absolute atomic E-state index is 0.659. The Balaban J connectivity index is 1.60. The average Bonchev–Trinajstić information content (AvgIpc) is 2.64. The second kappa shape index (κ2) is 5.54. The Hall–Kier alpha value is -1.02. The highest BCUT2D eigenvalue weighted by Gasteiger charge is 2.42. The van der Waals surface area contributed by atoms with Crippen LogP contribution in [-0.4, -0.2) is 19.6 Å². The lowest BCUT2D eigenvalue weighted by Crippen LogP contribution is -2.56. The topological polar surface area (TPSA) is 29.3 Å². The summed E-state index contributed by atoms with van der Waals surface area (Å²) in [4.78, 5) is 2.55. The molecule has 1 spiro atoms. The summed E-state index contributed by atoms with van der Waals surface area (Å²) in [7, 11) is 0. The molecule has 1 aliphatic heterocycles. The second-order valence-electron chi connectivity index (χ2n) is 6.48. The van der Waals surface area contributed by atoms with E-state index in [1.807, 2.05) is 0 Å². The molecule has 2 fully saturated rings. The fourth-order valence-corrected chi connectivity index (χ4v) is 3.78. The third-order valence-electron chi connectivity index (χ3n) is 4.95. The van der Waals surface area contributed by atoms with E-state index in [-0.39, 0.29) is 0 Å². The molecule has 1 aromatic rings. The lowest BCUT2D eigenvalue weighted by Gasteiger charge is -2.51. The predicted octanol–water partition coefficient (Wildman–Crippen LogP) is 3.35. The zero-order valence-electron chi connectivity index (χ0n) is 11.9. The van der Waals surface area contributed by atoms with E-state index >= 15 is 0 Å². The number of nitrogens with two attached hydrogens (primary N) is 1. The van der Waals surface area contributed by atoms with E-state index in [1.165, 1.54) is 62.9 Å². The summed E-state index contributed by atoms with van der Waals surface area (Å²) in [6.45, 7) is 3.30. The van der Waals surface area contributed by atoms with Crippen molar-refractivity contribution in [1.29, 1.82) is 0 Å². The SMILES string of the molecule is NCCc1ccc(N2CC3(CCCCCC3)C2)cc1. The Kier molecular flexibility index (Phi) is 3.79. The first-order chi connectivity index (χ1) is 9.31. The molecule has 0 bridgehead atoms. The van der Waals surface area contributed by atoms with Crippen LogP contribution >= 0.6 is 0 Å². The van der Waals surface area contributed by atoms with Crippen molar-refractivity contribution in [3.63, 3.8) is 0 Å². The van der Waals surface area contributed by atoms with E-state index in [2.05, 4.69) is 29.2 Å². The predicted molar refractivity (Wildman–Crippen MR) is 81.5 cm³/mol. The first-order valence-corrected chi connectivity index (χ1v) is 7.85. The van der Waals surface area contributed by atoms with E-state index in [9.17, 15) is 0 Å². The van der Waals surface area contributed by atoms with Crippen LogP contribution < -0.4 is 10.6 Å². The van der Waals surface area contributed by atoms with Crippen LogP contribution in [0, 0.1) is 5.41 Å². The minimum Gasteiger partial charge on any atom is -0.370 e. The Morgan fingerprint density at radius 2 is 1.58 bits per heavy atom. The van der Waals surface area contributed by atoms with Crippen LogP contribution in [0.25, 0.3) is 0 Å². The maximum absolute atomic E-state index is 5.59. The van der Waals surface area contributed by atoms with E-state index in [0.29, 0.717) is 5.41 Å². The van der Waals surface area contributed by atoms with Gasteiger partial charge in [0.1, 0.15) is 0 Å². The lowest BCUT2D eigenvalue weighted by molar-refractivity contribution is 0.180. The minimum atomic E-state index is 0.659. The summed E-state index contributed by atoms with van der Waals surface area (Å²) in [6.07, 6.45) is 9.70. The molecule has 1 saturated carbocycles. The van der Waals surface area contributed by atoms with Gasteiger partial charge in [-0.3, -0.25) is 0 Å². The molecule has 0 amide bonds. The van der Waals surface area contributed by atoms with Crippen molar-refractivity contribution in [3.8, 4) is 0 Å². The highest BCUT2D eigenvalue weighted by molar-refractivity contribution is 5.51. The molecule has 1 heterocycles. The highest BCUT2D eigenvalue weighted by atomic mass is 15.2. The summed E-state index contributed by atoms with van der Waals surface area (Å²) in [5.41, 5.74) is 9.01. The van der Waals surface area contributed by atoms with Gasteiger partial charge in [0.05, 0.1) is 0 Å². The van der Waals surface area contributed by atoms with Gasteiger partial charge in [0.2, 0.25) is 0 Å². The van der Waals surface area contributed by atoms with Crippen LogP contribution in [0.15, 0.2) is 24.3 Å². The van der Waals surface area contributed by atoms with Crippen molar-refractivity contribution in [3.05, 3.63) is 29.8 Å². The number of hydrogen-bond donors (Lipinski definition) is 1. The molecule has 104 valence electrons. The molecule has 2 nitrogen and oxygen atoms in total. The quantitative estimate of drug-likeness (QED) is 0.901. The molecule has 3 rings (SSSR count). The van der Waals surface area contributed by atoms with Gasteiger partial charge >= 0.3 is 0 Å². The molecule has 2 N–H and O–H groups in total. The third kappa shape index (κ3) is 2.79. The highest BCUT2D eigenvalue weighted by Crippen LogP contribution is 2.44. The number of nitrogens with zero attached hydrogens (tertiary/aromatic N) is 1. The largest absolute Gasteiger partial charge is 0.370 e. The second-order valence-corrected chi connectivity index (χ2v) is 6.48. The van der Waals surface area contributed by atoms with Gasteiger partial charge in [0, 0.05) is 24.2 Å². The van der Waals surface area contributed by atoms with Crippen molar-refractivity contribution in [1.82, 2.24) is 0 Å². The van der Waals surface area contributed by atoms with Gasteiger partial charge in [0.25, 0.3) is 0 Å². The van der Waals surface area contributed by atoms with Gasteiger partial charge in [0.15, 0.2) is 0 Å². The summed E-state index contributed by atoms with van der Waals surface area (Å²) in [5.74, 6) is 0. The molecule has 1 aromatic carbocycles. The van der Waals surface area contributed by atoms with Crippen LogP contribution in [0.1, 0.15) is 44.1 Å². The molecule has 19 heavy (non-hydrogen) atoms. The zero-order chi connectivity index (χ0) is 13.1. The third-order valence-corrected chi connectivity index (χ3v) is 4.95. The summed E-state index contributed by atoms with van der Waals surface area (Å²) in [5, 5.41) is 0. The van der Waals surface area contributed by atoms with E-state index in [4.69, 9.17) is 5.73 Å². The Bertz CT molecular complexity index is 394. The van der Waals surface area contributed by atoms with Crippen LogP contribution in [0.3, 0.4) is 0 Å². The number of rotatable bonds is 3. The molecule has 0 aromatic heterocycles. The first-order valence-electron chi connectivity index (χ1n) is 7.85. The number of hydrogen-bond acceptors (Lipinski definition) is 2. The van der Waals surface area contributed by atoms with Gasteiger partial charge in [-0.05, 0) is 43.5 Å². The molecule has 0 radical (unpaired) electrons. The fourth-order valence-electron chi connectivity index (χ4n) is 3.78. The molecule has 1 saturated heterocycles. The Morgan fingerprint density at radius 3 is 2.16 bits per heavy atom. The lowest BCUT2D eigenvalue weighted by atomic mass is 9.73. The number of anilines is 1. The first kappa shape index (κ1) is 13.0. The van der Waals surface area contributed by atoms with Crippen molar-refractivity contribution >= 4 is 5.69 Å². The van der Waals surface area contributed by atoms with E-state index < -0.39 is 0 Å². The molecule has 0 atom stereocenters. The number of benzene rings is 1. The molecule has 1 aliphatic carbocycles. The van der Waals surface area contributed by atoms with Gasteiger partial charge in [-0.15, -0.1) is 0 Å². The molecular formula is C17H26N2. The Morgan fingerprint density at radius 1 is 0.947 bits per heavy atom. The van der Waals surface area contributed by atoms with Crippen molar-refractivity contribution in [2.75, 3.05) is 24.5 Å². The molecule has 2 aliphatic rings. The molecule has 0 unspecified atom stereocenters. The Labute approximate surface area is 117 Å². The van der Waals surface area contributed by atoms with Crippen LogP contribution in [0.4, 0.5) is 5.69 Å². The molecular weight excluding hydrogens is 232 g/mol. The van der Waals surface area contributed by atoms with Gasteiger partial charge in [-0.1, -0.05) is 37.8 Å². The van der Waals surface area contributed by atoms with Crippen LogP contribution in [0.5, 0.6) is 0 Å². The normalized spacial score (nSPS) is 22.1. The van der Waals surface area contributed by atoms with Gasteiger partial charge in [-0.2, -0.15) is 0 Å². The van der Waals surface area contributed by atoms with Crippen LogP contribution in [0.2, 0.25) is 0 Å². The van der Waals surface area contributed by atoms with Crippen LogP contribution in [-0.2, 0) is 6.42 Å². The van der Waals surface area contributed by atoms with E-state index in [0.717, 1.165) is 13.0 Å². The maximum Gasteiger partial charge on any atom is 0.0366 e. The summed E-state index contributed by atoms with van der Waals surface area (Å²) < 4.78 is 0. The zero-order valence-corrected chi connectivity index (χ0v) is 11.9. The van der Waals surface area contributed by atoms with Gasteiger partial charge in [-0.25, -0.2) is 0 Å². The van der Waals surface area contributed by atoms with Gasteiger partial charge < -0.3 is 10.6 Å². The van der Waals surface area contributed by atoms with Crippen molar-refractivity contribution in [2.45, 2.75) is 44.9 Å². The molecule has 2 heteroatoms. The monoisotopic (exact) mass is 258 g/mol. The van der Waals surface area contributed by atoms with Crippen molar-refractivity contribution < 1.29 is 0 Å². The standard InChI is InChI=1S/C17H26N2/c18-12-9-15-5-7-16(8-6-15)19-13-17(14-19)10-3-1-2-4-11-17/h5-8H,1-4,9-14,18H2. The van der Waals surface area contributed by atoms with Crippen molar-refractivity contribution in [2.24, 2.45) is 11.1 Å². The summed E-state index contributed by atoms with van der Waals surface area (Å²) >= 11 is 0. The fraction of sp³-hybridized carbons (Fsp3) is 0.647. The van der Waals surface area contributed by atoms with E-state index in [1.54, 1.807) is 0 Å². The maximum atomic E-state index is 5.59. The average molecular weight is 258 g/mol. The summed E-state index contributed by atoms with van der Waals surface area (Å²) in [6, 6.07) is 9.02.